The first kappa shape index (κ1) is 11.7. The minimum atomic E-state index is -1.96. The van der Waals surface area contributed by atoms with Crippen LogP contribution in [0.2, 0.25) is 0 Å². The highest BCUT2D eigenvalue weighted by Gasteiger charge is 2.35. The summed E-state index contributed by atoms with van der Waals surface area (Å²) < 4.78 is 2.44. The largest absolute Gasteiger partial charge is 0.434 e. The number of esters is 1. The Morgan fingerprint density at radius 1 is 1.58 bits per heavy atom. The topological polar surface area (TPSA) is 55.7 Å². The van der Waals surface area contributed by atoms with Crippen LogP contribution < -0.4 is 0 Å². The fraction of sp³-hybridized carbons (Fsp3) is 0.600. The fourth-order valence-electron chi connectivity index (χ4n) is 0.371. The number of hydrogen-bond acceptors (Lipinski definition) is 4. The SMILES string of the molecule is CC(=O)OC(N=C=O)C(Cl)(Cl)Cl. The van der Waals surface area contributed by atoms with E-state index in [2.05, 4.69) is 9.73 Å². The Kier molecular flexibility index (Phi) is 4.57. The zero-order chi connectivity index (χ0) is 9.78. The molecular weight excluding hydrogens is 228 g/mol. The molecule has 0 saturated carbocycles. The van der Waals surface area contributed by atoms with E-state index in [9.17, 15) is 9.59 Å². The number of aliphatic imine (C=N–C) groups is 1. The molecule has 0 radical (unpaired) electrons. The maximum Gasteiger partial charge on any atom is 0.304 e. The minimum absolute atomic E-state index is 0.703. The van der Waals surface area contributed by atoms with E-state index in [1.165, 1.54) is 0 Å². The number of nitrogens with zero attached hydrogens (tertiary/aromatic N) is 1. The van der Waals surface area contributed by atoms with Crippen LogP contribution >= 0.6 is 34.8 Å². The van der Waals surface area contributed by atoms with E-state index >= 15 is 0 Å². The molecule has 12 heavy (non-hydrogen) atoms. The smallest absolute Gasteiger partial charge is 0.304 e. The lowest BCUT2D eigenvalue weighted by atomic mass is 10.6. The van der Waals surface area contributed by atoms with Gasteiger partial charge in [-0.1, -0.05) is 34.8 Å². The van der Waals surface area contributed by atoms with Crippen LogP contribution in [0.15, 0.2) is 4.99 Å². The van der Waals surface area contributed by atoms with Crippen LogP contribution in [0.25, 0.3) is 0 Å². The Morgan fingerprint density at radius 2 is 2.08 bits per heavy atom. The number of carbonyl (C=O) groups is 1. The first-order chi connectivity index (χ1) is 5.38. The summed E-state index contributed by atoms with van der Waals surface area (Å²) in [6, 6.07) is 0. The maximum absolute atomic E-state index is 10.4. The minimum Gasteiger partial charge on any atom is -0.434 e. The molecule has 68 valence electrons. The van der Waals surface area contributed by atoms with Crippen LogP contribution in [-0.4, -0.2) is 22.1 Å². The lowest BCUT2D eigenvalue weighted by Crippen LogP contribution is -2.28. The summed E-state index contributed by atoms with van der Waals surface area (Å²) in [5, 5.41) is 0. The highest BCUT2D eigenvalue weighted by molar-refractivity contribution is 6.68. The van der Waals surface area contributed by atoms with Gasteiger partial charge in [-0.2, -0.15) is 4.99 Å². The Hall–Kier alpha value is -0.280. The van der Waals surface area contributed by atoms with Gasteiger partial charge in [0.15, 0.2) is 0 Å². The number of rotatable bonds is 2. The summed E-state index contributed by atoms with van der Waals surface area (Å²) in [6.45, 7) is 1.10. The van der Waals surface area contributed by atoms with Gasteiger partial charge in [0, 0.05) is 6.92 Å². The normalized spacial score (nSPS) is 13.0. The monoisotopic (exact) mass is 231 g/mol. The molecule has 0 aliphatic rings. The summed E-state index contributed by atoms with van der Waals surface area (Å²) in [5.41, 5.74) is 0. The molecular formula is C5H4Cl3NO3. The molecule has 0 aromatic carbocycles. The van der Waals surface area contributed by atoms with Crippen LogP contribution in [0.5, 0.6) is 0 Å². The van der Waals surface area contributed by atoms with Crippen LogP contribution in [0.1, 0.15) is 6.92 Å². The van der Waals surface area contributed by atoms with Crippen LogP contribution in [-0.2, 0) is 14.3 Å². The molecule has 1 atom stereocenters. The van der Waals surface area contributed by atoms with E-state index in [1.807, 2.05) is 0 Å². The Morgan fingerprint density at radius 3 is 2.33 bits per heavy atom. The van der Waals surface area contributed by atoms with Crippen LogP contribution in [0.4, 0.5) is 0 Å². The van der Waals surface area contributed by atoms with Crippen molar-refractivity contribution >= 4 is 46.9 Å². The molecule has 0 heterocycles. The Bertz CT molecular complexity index is 218. The number of carbonyl (C=O) groups excluding carboxylic acids is 2. The molecule has 0 N–H and O–H groups in total. The second-order valence-corrected chi connectivity index (χ2v) is 4.09. The molecule has 0 rings (SSSR count). The summed E-state index contributed by atoms with van der Waals surface area (Å²) in [7, 11) is 0. The molecule has 7 heteroatoms. The summed E-state index contributed by atoms with van der Waals surface area (Å²) in [5.74, 6) is -0.703. The van der Waals surface area contributed by atoms with Crippen molar-refractivity contribution in [2.45, 2.75) is 16.9 Å². The van der Waals surface area contributed by atoms with Gasteiger partial charge in [-0.15, -0.1) is 0 Å². The Balaban J connectivity index is 4.44. The summed E-state index contributed by atoms with van der Waals surface area (Å²) >= 11 is 15.9. The fourth-order valence-corrected chi connectivity index (χ4v) is 0.651. The predicted octanol–water partition coefficient (Wildman–Crippen LogP) is 1.58. The molecule has 0 saturated heterocycles. The second kappa shape index (κ2) is 4.67. The predicted molar refractivity (Wildman–Crippen MR) is 44.0 cm³/mol. The molecule has 0 aromatic rings. The van der Waals surface area contributed by atoms with Crippen LogP contribution in [0.3, 0.4) is 0 Å². The maximum atomic E-state index is 10.4. The number of halogens is 3. The molecule has 0 fully saturated rings. The third kappa shape index (κ3) is 4.57. The lowest BCUT2D eigenvalue weighted by Gasteiger charge is -2.17. The molecule has 4 nitrogen and oxygen atoms in total. The van der Waals surface area contributed by atoms with Crippen molar-refractivity contribution in [2.24, 2.45) is 4.99 Å². The van der Waals surface area contributed by atoms with Crippen molar-refractivity contribution in [1.29, 1.82) is 0 Å². The second-order valence-electron chi connectivity index (χ2n) is 1.72. The van der Waals surface area contributed by atoms with Crippen molar-refractivity contribution in [3.05, 3.63) is 0 Å². The molecule has 0 bridgehead atoms. The van der Waals surface area contributed by atoms with Crippen molar-refractivity contribution in [1.82, 2.24) is 0 Å². The van der Waals surface area contributed by atoms with Gasteiger partial charge < -0.3 is 4.74 Å². The van der Waals surface area contributed by atoms with Crippen LogP contribution in [0, 0.1) is 0 Å². The molecule has 0 aliphatic heterocycles. The van der Waals surface area contributed by atoms with Crippen molar-refractivity contribution < 1.29 is 14.3 Å². The zero-order valence-corrected chi connectivity index (χ0v) is 8.15. The molecule has 0 spiro atoms. The highest BCUT2D eigenvalue weighted by atomic mass is 35.6. The zero-order valence-electron chi connectivity index (χ0n) is 5.88. The number of ether oxygens (including phenoxy) is 1. The van der Waals surface area contributed by atoms with E-state index in [0.29, 0.717) is 0 Å². The van der Waals surface area contributed by atoms with E-state index in [4.69, 9.17) is 34.8 Å². The van der Waals surface area contributed by atoms with E-state index in [0.717, 1.165) is 13.0 Å². The van der Waals surface area contributed by atoms with Gasteiger partial charge in [-0.3, -0.25) is 4.79 Å². The third-order valence-corrected chi connectivity index (χ3v) is 1.29. The Labute approximate surface area is 83.4 Å². The van der Waals surface area contributed by atoms with Gasteiger partial charge >= 0.3 is 5.97 Å². The van der Waals surface area contributed by atoms with E-state index in [1.54, 1.807) is 0 Å². The van der Waals surface area contributed by atoms with Gasteiger partial charge in [0.05, 0.1) is 0 Å². The molecule has 0 amide bonds. The number of alkyl halides is 3. The van der Waals surface area contributed by atoms with Crippen molar-refractivity contribution in [2.75, 3.05) is 0 Å². The first-order valence-corrected chi connectivity index (χ1v) is 3.82. The van der Waals surface area contributed by atoms with Crippen molar-refractivity contribution in [3.63, 3.8) is 0 Å². The average molecular weight is 232 g/mol. The van der Waals surface area contributed by atoms with Gasteiger partial charge in [-0.25, -0.2) is 4.79 Å². The highest BCUT2D eigenvalue weighted by Crippen LogP contribution is 2.32. The standard InChI is InChI=1S/C5H4Cl3NO3/c1-3(11)12-4(9-2-10)5(6,7)8/h4H,1H3. The lowest BCUT2D eigenvalue weighted by molar-refractivity contribution is -0.145. The van der Waals surface area contributed by atoms with E-state index < -0.39 is 16.0 Å². The third-order valence-electron chi connectivity index (χ3n) is 0.728. The first-order valence-electron chi connectivity index (χ1n) is 2.69. The average Bonchev–Trinajstić information content (AvgIpc) is 1.83. The number of hydrogen-bond donors (Lipinski definition) is 0. The summed E-state index contributed by atoms with van der Waals surface area (Å²) in [4.78, 5) is 23.2. The van der Waals surface area contributed by atoms with E-state index in [-0.39, 0.29) is 0 Å². The van der Waals surface area contributed by atoms with Gasteiger partial charge in [0.25, 0.3) is 6.23 Å². The molecule has 0 aliphatic carbocycles. The van der Waals surface area contributed by atoms with Crippen molar-refractivity contribution in [3.8, 4) is 0 Å². The van der Waals surface area contributed by atoms with Gasteiger partial charge in [0.2, 0.25) is 9.87 Å². The van der Waals surface area contributed by atoms with Gasteiger partial charge in [-0.05, 0) is 0 Å². The number of isocyanates is 1. The molecule has 1 unspecified atom stereocenters. The molecule has 0 aromatic heterocycles. The quantitative estimate of drug-likeness (QED) is 0.314. The summed E-state index contributed by atoms with van der Waals surface area (Å²) in [6.07, 6.45) is -0.323. The van der Waals surface area contributed by atoms with Gasteiger partial charge in [0.1, 0.15) is 0 Å².